The summed E-state index contributed by atoms with van der Waals surface area (Å²) in [5.74, 6) is -1.12. The third kappa shape index (κ3) is 10.5. The van der Waals surface area contributed by atoms with Crippen LogP contribution in [-0.4, -0.2) is 102 Å². The lowest BCUT2D eigenvalue weighted by atomic mass is 9.59. The quantitative estimate of drug-likeness (QED) is 0.0529. The number of amides is 1. The third-order valence-electron chi connectivity index (χ3n) is 15.7. The van der Waals surface area contributed by atoms with Crippen molar-refractivity contribution in [3.63, 3.8) is 0 Å². The first-order chi connectivity index (χ1) is 35.4. The van der Waals surface area contributed by atoms with Gasteiger partial charge in [-0.2, -0.15) is 0 Å². The van der Waals surface area contributed by atoms with Crippen molar-refractivity contribution in [2.24, 2.45) is 11.3 Å². The normalized spacial score (nSPS) is 21.3. The van der Waals surface area contributed by atoms with Gasteiger partial charge in [-0.05, 0) is 116 Å². The van der Waals surface area contributed by atoms with Crippen molar-refractivity contribution in [1.29, 1.82) is 0 Å². The van der Waals surface area contributed by atoms with E-state index in [9.17, 15) is 37.2 Å². The van der Waals surface area contributed by atoms with Gasteiger partial charge in [0.25, 0.3) is 21.6 Å². The minimum Gasteiger partial charge on any atom is -0.494 e. The summed E-state index contributed by atoms with van der Waals surface area (Å²) in [4.78, 5) is 39.5. The van der Waals surface area contributed by atoms with Gasteiger partial charge in [-0.1, -0.05) is 44.2 Å². The average molecular weight is 1030 g/mol. The van der Waals surface area contributed by atoms with Crippen molar-refractivity contribution in [1.82, 2.24) is 24.5 Å². The molecule has 6 aromatic rings. The molecule has 1 amide bonds. The number of aromatic amines is 1. The second-order valence-corrected chi connectivity index (χ2v) is 23.0. The zero-order chi connectivity index (χ0) is 52.1. The number of hydrogen-bond donors (Lipinski definition) is 4. The maximum absolute atomic E-state index is 14.7. The molecule has 2 saturated carbocycles. The van der Waals surface area contributed by atoms with Crippen LogP contribution < -0.4 is 24.4 Å². The molecule has 1 spiro atoms. The highest BCUT2D eigenvalue weighted by atomic mass is 32.2. The molecule has 2 aliphatic heterocycles. The Morgan fingerprint density at radius 2 is 1.76 bits per heavy atom. The maximum atomic E-state index is 14.7. The van der Waals surface area contributed by atoms with Crippen molar-refractivity contribution >= 4 is 44.0 Å². The molecule has 19 heteroatoms. The van der Waals surface area contributed by atoms with E-state index in [-0.39, 0.29) is 57.1 Å². The second-order valence-electron chi connectivity index (χ2n) is 21.3. The SMILES string of the molecule is COc1cc(CN2CCN(C3CC4(C3)CN(c3ccc(C(=O)NS(=O)(=O)c5ccc(NC[C@H]6CC[C@](C)(O)CC6)c([N+](=O)[O-])c5)c(Oc5cnc6[nH]cc(F)c6c5)c3)C4)[C@H](c3ccccc3C(C)C)C2)ccc1F. The van der Waals surface area contributed by atoms with E-state index in [1.807, 2.05) is 6.07 Å². The van der Waals surface area contributed by atoms with E-state index in [1.54, 1.807) is 25.1 Å². The first kappa shape index (κ1) is 50.8. The molecular weight excluding hydrogens is 971 g/mol. The molecule has 4 fully saturated rings. The molecule has 74 heavy (non-hydrogen) atoms. The van der Waals surface area contributed by atoms with Crippen molar-refractivity contribution in [2.45, 2.75) is 94.3 Å². The number of hydrogen-bond acceptors (Lipinski definition) is 13. The maximum Gasteiger partial charge on any atom is 0.293 e. The average Bonchev–Trinajstić information content (AvgIpc) is 3.74. The number of pyridine rings is 1. The lowest BCUT2D eigenvalue weighted by Gasteiger charge is -2.63. The van der Waals surface area contributed by atoms with Gasteiger partial charge >= 0.3 is 0 Å². The lowest BCUT2D eigenvalue weighted by Crippen LogP contribution is -2.68. The van der Waals surface area contributed by atoms with E-state index in [0.29, 0.717) is 43.5 Å². The minimum atomic E-state index is -4.66. The van der Waals surface area contributed by atoms with Gasteiger partial charge in [0.2, 0.25) is 0 Å². The molecule has 390 valence electrons. The van der Waals surface area contributed by atoms with Gasteiger partial charge in [-0.15, -0.1) is 0 Å². The molecule has 2 aromatic heterocycles. The van der Waals surface area contributed by atoms with Crippen molar-refractivity contribution in [3.8, 4) is 17.2 Å². The molecule has 2 saturated heterocycles. The summed E-state index contributed by atoms with van der Waals surface area (Å²) in [5.41, 5.74) is 3.52. The van der Waals surface area contributed by atoms with Gasteiger partial charge in [0.1, 0.15) is 28.7 Å². The van der Waals surface area contributed by atoms with Crippen molar-refractivity contribution in [3.05, 3.63) is 141 Å². The molecule has 4 aliphatic rings. The summed E-state index contributed by atoms with van der Waals surface area (Å²) in [7, 11) is -3.18. The summed E-state index contributed by atoms with van der Waals surface area (Å²) in [6, 6.07) is 24.0. The van der Waals surface area contributed by atoms with Crippen LogP contribution in [0.2, 0.25) is 0 Å². The van der Waals surface area contributed by atoms with Crippen LogP contribution >= 0.6 is 0 Å². The summed E-state index contributed by atoms with van der Waals surface area (Å²) in [6.45, 7) is 11.4. The van der Waals surface area contributed by atoms with Gasteiger partial charge in [0.05, 0.1) is 39.7 Å². The fourth-order valence-electron chi connectivity index (χ4n) is 11.6. The fraction of sp³-hybridized carbons (Fsp3) is 0.418. The molecule has 0 unspecified atom stereocenters. The monoisotopic (exact) mass is 1030 g/mol. The first-order valence-corrected chi connectivity index (χ1v) is 26.8. The van der Waals surface area contributed by atoms with Crippen LogP contribution in [0, 0.1) is 33.1 Å². The van der Waals surface area contributed by atoms with Crippen LogP contribution in [0.25, 0.3) is 11.0 Å². The number of anilines is 2. The van der Waals surface area contributed by atoms with Crippen LogP contribution in [-0.2, 0) is 16.6 Å². The van der Waals surface area contributed by atoms with E-state index >= 15 is 0 Å². The van der Waals surface area contributed by atoms with Crippen LogP contribution in [0.1, 0.15) is 98.3 Å². The van der Waals surface area contributed by atoms with Crippen molar-refractivity contribution in [2.75, 3.05) is 56.6 Å². The zero-order valence-corrected chi connectivity index (χ0v) is 42.8. The van der Waals surface area contributed by atoms with Crippen LogP contribution in [0.3, 0.4) is 0 Å². The number of fused-ring (bicyclic) bond motifs is 1. The molecule has 10 rings (SSSR count). The molecule has 0 bridgehead atoms. The standard InChI is InChI=1S/C55H62F2N8O8S/c1-34(2)41-7-5-6-8-42(41)49-31-62(30-36-9-13-45(56)51(21-36)72-4)19-20-64(49)38-25-55(26-38)32-63(33-55)37-10-12-43(50(22-37)73-39-23-44-46(57)29-60-52(44)59-28-39)53(66)61-74(70,71)40-11-14-47(48(24-40)65(68)69)58-27-35-15-17-54(3,67)18-16-35/h5-14,21-24,28-29,34-35,38,49,58,67H,15-20,25-27,30-33H2,1-4H3,(H,59,60)(H,61,66)/t35-,49-,54-/m0/s1. The molecule has 4 aromatic carbocycles. The van der Waals surface area contributed by atoms with Crippen LogP contribution in [0.15, 0.2) is 102 Å². The summed E-state index contributed by atoms with van der Waals surface area (Å²) >= 11 is 0. The number of nitro groups is 1. The Kier molecular flexibility index (Phi) is 13.9. The lowest BCUT2D eigenvalue weighted by molar-refractivity contribution is -0.384. The predicted octanol–water partition coefficient (Wildman–Crippen LogP) is 9.67. The molecular formula is C55H62F2N8O8S. The highest BCUT2D eigenvalue weighted by molar-refractivity contribution is 7.90. The highest BCUT2D eigenvalue weighted by Gasteiger charge is 2.55. The molecule has 4 N–H and O–H groups in total. The van der Waals surface area contributed by atoms with E-state index < -0.39 is 42.9 Å². The van der Waals surface area contributed by atoms with Gasteiger partial charge in [0, 0.05) is 87.3 Å². The van der Waals surface area contributed by atoms with Gasteiger partial charge in [-0.3, -0.25) is 24.7 Å². The number of piperazine rings is 1. The number of sulfonamides is 1. The second kappa shape index (κ2) is 20.2. The van der Waals surface area contributed by atoms with E-state index in [1.165, 1.54) is 61.0 Å². The van der Waals surface area contributed by atoms with Gasteiger partial charge in [0.15, 0.2) is 11.6 Å². The van der Waals surface area contributed by atoms with E-state index in [4.69, 9.17) is 9.47 Å². The van der Waals surface area contributed by atoms with E-state index in [2.05, 4.69) is 72.8 Å². The summed E-state index contributed by atoms with van der Waals surface area (Å²) in [5, 5.41) is 25.8. The number of methoxy groups -OCH3 is 1. The number of aliphatic hydroxyl groups is 1. The number of halogens is 2. The molecule has 4 heterocycles. The Bertz CT molecular complexity index is 3200. The number of aromatic nitrogens is 2. The molecule has 16 nitrogen and oxygen atoms in total. The Hall–Kier alpha value is -6.67. The smallest absolute Gasteiger partial charge is 0.293 e. The Morgan fingerprint density at radius 1 is 0.986 bits per heavy atom. The zero-order valence-electron chi connectivity index (χ0n) is 41.9. The summed E-state index contributed by atoms with van der Waals surface area (Å²) < 4.78 is 70.3. The topological polar surface area (TPSA) is 195 Å². The minimum absolute atomic E-state index is 0.00176. The first-order valence-electron chi connectivity index (χ1n) is 25.3. The van der Waals surface area contributed by atoms with Gasteiger partial charge < -0.3 is 29.8 Å². The Balaban J connectivity index is 0.849. The number of rotatable bonds is 16. The van der Waals surface area contributed by atoms with Crippen LogP contribution in [0.4, 0.5) is 25.8 Å². The largest absolute Gasteiger partial charge is 0.494 e. The number of carbonyl (C=O) groups is 1. The number of ether oxygens (including phenoxy) is 2. The number of benzene rings is 4. The highest BCUT2D eigenvalue weighted by Crippen LogP contribution is 2.54. The number of nitro benzene ring substituents is 1. The van der Waals surface area contributed by atoms with Crippen molar-refractivity contribution < 1.29 is 41.5 Å². The third-order valence-corrected chi connectivity index (χ3v) is 17.0. The number of carbonyl (C=O) groups excluding carboxylic acids is 1. The summed E-state index contributed by atoms with van der Waals surface area (Å²) in [6.07, 6.45) is 7.23. The number of nitrogens with zero attached hydrogens (tertiary/aromatic N) is 5. The fourth-order valence-corrected chi connectivity index (χ4v) is 12.6. The molecule has 2 aliphatic carbocycles. The van der Waals surface area contributed by atoms with Crippen LogP contribution in [0.5, 0.6) is 17.2 Å². The predicted molar refractivity (Wildman–Crippen MR) is 277 cm³/mol. The Labute approximate surface area is 429 Å². The Morgan fingerprint density at radius 3 is 2.50 bits per heavy atom. The number of H-pyrrole nitrogens is 1. The number of nitrogens with one attached hydrogen (secondary N) is 3. The molecule has 1 atom stereocenters. The molecule has 0 radical (unpaired) electrons. The van der Waals surface area contributed by atoms with Gasteiger partial charge in [-0.25, -0.2) is 26.9 Å². The van der Waals surface area contributed by atoms with E-state index in [0.717, 1.165) is 75.7 Å².